The Morgan fingerprint density at radius 1 is 1.64 bits per heavy atom. The van der Waals surface area contributed by atoms with E-state index in [1.807, 2.05) is 12.3 Å². The summed E-state index contributed by atoms with van der Waals surface area (Å²) in [5.74, 6) is 0.283. The van der Waals surface area contributed by atoms with E-state index < -0.39 is 0 Å². The van der Waals surface area contributed by atoms with Crippen molar-refractivity contribution in [1.29, 1.82) is 0 Å². The molecule has 2 heteroatoms. The monoisotopic (exact) mass is 191 g/mol. The van der Waals surface area contributed by atoms with Crippen LogP contribution in [0.1, 0.15) is 43.4 Å². The topological polar surface area (TPSA) is 33.1 Å². The van der Waals surface area contributed by atoms with Crippen LogP contribution in [0.2, 0.25) is 0 Å². The summed E-state index contributed by atoms with van der Waals surface area (Å²) < 4.78 is 0. The molecule has 1 aromatic heterocycles. The van der Waals surface area contributed by atoms with Gasteiger partial charge in [0.1, 0.15) is 0 Å². The van der Waals surface area contributed by atoms with Gasteiger partial charge in [0.15, 0.2) is 0 Å². The van der Waals surface area contributed by atoms with E-state index in [9.17, 15) is 5.11 Å². The molecule has 0 bridgehead atoms. The minimum absolute atomic E-state index is 0.198. The molecule has 1 aliphatic carbocycles. The highest BCUT2D eigenvalue weighted by Gasteiger charge is 2.28. The first kappa shape index (κ1) is 9.66. The van der Waals surface area contributed by atoms with E-state index in [2.05, 4.69) is 18.0 Å². The Balaban J connectivity index is 2.17. The molecule has 0 aromatic carbocycles. The van der Waals surface area contributed by atoms with E-state index in [4.69, 9.17) is 0 Å². The Labute approximate surface area is 85.0 Å². The van der Waals surface area contributed by atoms with Gasteiger partial charge in [-0.1, -0.05) is 19.4 Å². The van der Waals surface area contributed by atoms with Crippen molar-refractivity contribution in [3.8, 4) is 0 Å². The lowest BCUT2D eigenvalue weighted by molar-refractivity contribution is 0.131. The second-order valence-corrected chi connectivity index (χ2v) is 4.05. The number of hydrogen-bond donors (Lipinski definition) is 1. The smallest absolute Gasteiger partial charge is 0.0624 e. The first-order valence-electron chi connectivity index (χ1n) is 5.44. The molecule has 0 aliphatic heterocycles. The highest BCUT2D eigenvalue weighted by molar-refractivity contribution is 5.29. The van der Waals surface area contributed by atoms with Crippen LogP contribution in [0.25, 0.3) is 0 Å². The summed E-state index contributed by atoms with van der Waals surface area (Å²) in [6.45, 7) is 2.11. The maximum Gasteiger partial charge on any atom is 0.0624 e. The van der Waals surface area contributed by atoms with Gasteiger partial charge in [-0.25, -0.2) is 0 Å². The first-order chi connectivity index (χ1) is 6.83. The molecule has 0 saturated heterocycles. The number of hydrogen-bond acceptors (Lipinski definition) is 2. The van der Waals surface area contributed by atoms with Gasteiger partial charge in [-0.2, -0.15) is 0 Å². The Hall–Kier alpha value is -0.890. The fraction of sp³-hybridized carbons (Fsp3) is 0.583. The predicted octanol–water partition coefficient (Wildman–Crippen LogP) is 2.27. The molecule has 1 N–H and O–H groups in total. The SMILES string of the molecule is CCCC(O)C1CCc2cccnc21. The fourth-order valence-corrected chi connectivity index (χ4v) is 2.32. The van der Waals surface area contributed by atoms with E-state index in [0.29, 0.717) is 0 Å². The fourth-order valence-electron chi connectivity index (χ4n) is 2.32. The van der Waals surface area contributed by atoms with E-state index in [-0.39, 0.29) is 12.0 Å². The van der Waals surface area contributed by atoms with Gasteiger partial charge in [0, 0.05) is 17.8 Å². The molecule has 0 saturated carbocycles. The van der Waals surface area contributed by atoms with Gasteiger partial charge >= 0.3 is 0 Å². The van der Waals surface area contributed by atoms with Crippen molar-refractivity contribution in [3.05, 3.63) is 29.6 Å². The number of rotatable bonds is 3. The van der Waals surface area contributed by atoms with Crippen LogP contribution in [0.5, 0.6) is 0 Å². The number of pyridine rings is 1. The molecule has 2 unspecified atom stereocenters. The van der Waals surface area contributed by atoms with Crippen LogP contribution < -0.4 is 0 Å². The molecule has 76 valence electrons. The van der Waals surface area contributed by atoms with Crippen molar-refractivity contribution in [3.63, 3.8) is 0 Å². The van der Waals surface area contributed by atoms with Crippen LogP contribution in [-0.4, -0.2) is 16.2 Å². The van der Waals surface area contributed by atoms with Crippen molar-refractivity contribution in [1.82, 2.24) is 4.98 Å². The molecule has 1 aliphatic rings. The number of aromatic nitrogens is 1. The molecule has 0 amide bonds. The summed E-state index contributed by atoms with van der Waals surface area (Å²) in [4.78, 5) is 4.38. The molecule has 2 rings (SSSR count). The van der Waals surface area contributed by atoms with E-state index >= 15 is 0 Å². The van der Waals surface area contributed by atoms with Crippen LogP contribution in [0.15, 0.2) is 18.3 Å². The van der Waals surface area contributed by atoms with Gasteiger partial charge in [0.25, 0.3) is 0 Å². The van der Waals surface area contributed by atoms with Crippen LogP contribution in [0.3, 0.4) is 0 Å². The molecule has 2 atom stereocenters. The first-order valence-corrected chi connectivity index (χ1v) is 5.44. The third kappa shape index (κ3) is 1.67. The summed E-state index contributed by atoms with van der Waals surface area (Å²) >= 11 is 0. The molecule has 0 radical (unpaired) electrons. The number of aliphatic hydroxyl groups is 1. The zero-order chi connectivity index (χ0) is 9.97. The van der Waals surface area contributed by atoms with Gasteiger partial charge in [-0.15, -0.1) is 0 Å². The molecule has 0 fully saturated rings. The van der Waals surface area contributed by atoms with Gasteiger partial charge in [0.2, 0.25) is 0 Å². The van der Waals surface area contributed by atoms with E-state index in [1.54, 1.807) is 0 Å². The standard InChI is InChI=1S/C12H17NO/c1-2-4-11(14)10-7-6-9-5-3-8-13-12(9)10/h3,5,8,10-11,14H,2,4,6-7H2,1H3. The summed E-state index contributed by atoms with van der Waals surface area (Å²) in [6.07, 6.45) is 5.70. The van der Waals surface area contributed by atoms with Gasteiger partial charge in [-0.3, -0.25) is 4.98 Å². The third-order valence-electron chi connectivity index (χ3n) is 3.05. The Morgan fingerprint density at radius 3 is 3.29 bits per heavy atom. The van der Waals surface area contributed by atoms with E-state index in [0.717, 1.165) is 31.4 Å². The zero-order valence-corrected chi connectivity index (χ0v) is 8.61. The average Bonchev–Trinajstić information content (AvgIpc) is 2.61. The molecular weight excluding hydrogens is 174 g/mol. The van der Waals surface area contributed by atoms with Crippen LogP contribution in [-0.2, 0) is 6.42 Å². The molecular formula is C12H17NO. The van der Waals surface area contributed by atoms with E-state index in [1.165, 1.54) is 5.56 Å². The molecule has 2 nitrogen and oxygen atoms in total. The zero-order valence-electron chi connectivity index (χ0n) is 8.61. The average molecular weight is 191 g/mol. The number of fused-ring (bicyclic) bond motifs is 1. The summed E-state index contributed by atoms with van der Waals surface area (Å²) in [6, 6.07) is 4.11. The van der Waals surface area contributed by atoms with Gasteiger partial charge in [-0.05, 0) is 30.9 Å². The predicted molar refractivity (Wildman–Crippen MR) is 56.2 cm³/mol. The summed E-state index contributed by atoms with van der Waals surface area (Å²) in [5, 5.41) is 9.96. The Kier molecular flexibility index (Phi) is 2.82. The lowest BCUT2D eigenvalue weighted by Crippen LogP contribution is -2.16. The normalized spacial score (nSPS) is 22.0. The molecule has 0 spiro atoms. The van der Waals surface area contributed by atoms with Crippen LogP contribution in [0, 0.1) is 0 Å². The Bertz CT molecular complexity index is 311. The lowest BCUT2D eigenvalue weighted by Gasteiger charge is -2.17. The minimum atomic E-state index is -0.198. The molecule has 1 heterocycles. The molecule has 1 aromatic rings. The van der Waals surface area contributed by atoms with Crippen molar-refractivity contribution in [2.24, 2.45) is 0 Å². The highest BCUT2D eigenvalue weighted by Crippen LogP contribution is 2.34. The van der Waals surface area contributed by atoms with Crippen molar-refractivity contribution < 1.29 is 5.11 Å². The third-order valence-corrected chi connectivity index (χ3v) is 3.05. The second-order valence-electron chi connectivity index (χ2n) is 4.05. The highest BCUT2D eigenvalue weighted by atomic mass is 16.3. The second kappa shape index (κ2) is 4.09. The van der Waals surface area contributed by atoms with Crippen molar-refractivity contribution in [2.45, 2.75) is 44.6 Å². The molecule has 14 heavy (non-hydrogen) atoms. The van der Waals surface area contributed by atoms with Crippen LogP contribution >= 0.6 is 0 Å². The number of aliphatic hydroxyl groups excluding tert-OH is 1. The van der Waals surface area contributed by atoms with Crippen molar-refractivity contribution in [2.75, 3.05) is 0 Å². The van der Waals surface area contributed by atoms with Gasteiger partial charge < -0.3 is 5.11 Å². The summed E-state index contributed by atoms with van der Waals surface area (Å²) in [5.41, 5.74) is 2.46. The maximum atomic E-state index is 9.96. The van der Waals surface area contributed by atoms with Crippen molar-refractivity contribution >= 4 is 0 Å². The number of nitrogens with zero attached hydrogens (tertiary/aromatic N) is 1. The quantitative estimate of drug-likeness (QED) is 0.795. The lowest BCUT2D eigenvalue weighted by atomic mass is 9.96. The van der Waals surface area contributed by atoms with Gasteiger partial charge in [0.05, 0.1) is 6.10 Å². The summed E-state index contributed by atoms with van der Waals surface area (Å²) in [7, 11) is 0. The largest absolute Gasteiger partial charge is 0.392 e. The maximum absolute atomic E-state index is 9.96. The Morgan fingerprint density at radius 2 is 2.50 bits per heavy atom. The number of aryl methyl sites for hydroxylation is 1. The van der Waals surface area contributed by atoms with Crippen LogP contribution in [0.4, 0.5) is 0 Å². The minimum Gasteiger partial charge on any atom is -0.392 e.